The van der Waals surface area contributed by atoms with E-state index in [1.54, 1.807) is 11.3 Å². The van der Waals surface area contributed by atoms with Crippen LogP contribution in [0.2, 0.25) is 0 Å². The Balaban J connectivity index is 1.50. The number of pyridine rings is 1. The molecule has 0 bridgehead atoms. The van der Waals surface area contributed by atoms with E-state index in [0.717, 1.165) is 68.1 Å². The summed E-state index contributed by atoms with van der Waals surface area (Å²) in [4.78, 5) is 10.6. The lowest BCUT2D eigenvalue weighted by Gasteiger charge is -2.12. The largest absolute Gasteiger partial charge is 0.358 e. The van der Waals surface area contributed by atoms with Gasteiger partial charge in [0.2, 0.25) is 0 Å². The molecule has 6 heteroatoms. The summed E-state index contributed by atoms with van der Waals surface area (Å²) in [6, 6.07) is 15.0. The molecule has 38 heavy (non-hydrogen) atoms. The Morgan fingerprint density at radius 2 is 1.92 bits per heavy atom. The number of allylic oxidation sites excluding steroid dienone is 3. The molecule has 5 nitrogen and oxygen atoms in total. The predicted octanol–water partition coefficient (Wildman–Crippen LogP) is 8.89. The van der Waals surface area contributed by atoms with Crippen LogP contribution in [0.5, 0.6) is 0 Å². The van der Waals surface area contributed by atoms with Gasteiger partial charge in [0.15, 0.2) is 0 Å². The van der Waals surface area contributed by atoms with Crippen molar-refractivity contribution in [2.75, 3.05) is 5.32 Å². The fourth-order valence-corrected chi connectivity index (χ4v) is 5.69. The van der Waals surface area contributed by atoms with E-state index < -0.39 is 0 Å². The van der Waals surface area contributed by atoms with E-state index in [-0.39, 0.29) is 0 Å². The first-order valence-electron chi connectivity index (χ1n) is 12.8. The van der Waals surface area contributed by atoms with Gasteiger partial charge in [0.1, 0.15) is 5.69 Å². The highest BCUT2D eigenvalue weighted by molar-refractivity contribution is 7.13. The van der Waals surface area contributed by atoms with E-state index in [4.69, 9.17) is 0 Å². The predicted molar refractivity (Wildman–Crippen MR) is 162 cm³/mol. The van der Waals surface area contributed by atoms with Gasteiger partial charge in [-0.15, -0.1) is 11.3 Å². The fourth-order valence-electron chi connectivity index (χ4n) is 4.78. The van der Waals surface area contributed by atoms with E-state index in [2.05, 4.69) is 115 Å². The lowest BCUT2D eigenvalue weighted by molar-refractivity contribution is 0.645. The van der Waals surface area contributed by atoms with Crippen molar-refractivity contribution < 1.29 is 0 Å². The van der Waals surface area contributed by atoms with Gasteiger partial charge in [0, 0.05) is 49.4 Å². The Bertz CT molecular complexity index is 1660. The number of hydrogen-bond acceptors (Lipinski definition) is 4. The molecule has 0 aliphatic rings. The molecule has 0 radical (unpaired) electrons. The van der Waals surface area contributed by atoms with Crippen LogP contribution in [0.3, 0.4) is 0 Å². The van der Waals surface area contributed by atoms with Gasteiger partial charge in [-0.3, -0.25) is 10.1 Å². The number of aromatic nitrogens is 4. The summed E-state index contributed by atoms with van der Waals surface area (Å²) in [7, 11) is 0. The molecular formula is C32H33N5S. The van der Waals surface area contributed by atoms with Crippen molar-refractivity contribution in [1.29, 1.82) is 0 Å². The zero-order valence-corrected chi connectivity index (χ0v) is 23.2. The van der Waals surface area contributed by atoms with Gasteiger partial charge in [0.25, 0.3) is 0 Å². The number of aryl methyl sites for hydroxylation is 2. The van der Waals surface area contributed by atoms with Crippen molar-refractivity contribution in [2.24, 2.45) is 5.92 Å². The highest BCUT2D eigenvalue weighted by Crippen LogP contribution is 2.36. The van der Waals surface area contributed by atoms with Crippen molar-refractivity contribution in [2.45, 2.75) is 34.1 Å². The number of fused-ring (bicyclic) bond motifs is 1. The minimum Gasteiger partial charge on any atom is -0.358 e. The van der Waals surface area contributed by atoms with Crippen LogP contribution in [0.15, 0.2) is 85.9 Å². The molecule has 0 aliphatic heterocycles. The first kappa shape index (κ1) is 25.5. The van der Waals surface area contributed by atoms with Crippen LogP contribution in [0.1, 0.15) is 41.3 Å². The molecule has 0 unspecified atom stereocenters. The third kappa shape index (κ3) is 5.27. The normalized spacial score (nSPS) is 11.9. The quantitative estimate of drug-likeness (QED) is 0.170. The number of rotatable bonds is 9. The molecule has 4 aromatic heterocycles. The maximum atomic E-state index is 4.69. The highest BCUT2D eigenvalue weighted by atomic mass is 32.1. The van der Waals surface area contributed by atoms with Crippen LogP contribution in [0.25, 0.3) is 39.0 Å². The fraction of sp³-hybridized carbons (Fsp3) is 0.188. The highest BCUT2D eigenvalue weighted by Gasteiger charge is 2.17. The Kier molecular flexibility index (Phi) is 7.16. The molecule has 0 fully saturated rings. The second-order valence-electron chi connectivity index (χ2n) is 10.1. The van der Waals surface area contributed by atoms with Crippen molar-refractivity contribution in [3.05, 3.63) is 107 Å². The Morgan fingerprint density at radius 1 is 1.08 bits per heavy atom. The Hall–Kier alpha value is -4.16. The van der Waals surface area contributed by atoms with Gasteiger partial charge < -0.3 is 10.3 Å². The summed E-state index contributed by atoms with van der Waals surface area (Å²) < 4.78 is 0. The molecule has 0 spiro atoms. The maximum absolute atomic E-state index is 4.69. The average Bonchev–Trinajstić information content (AvgIpc) is 3.60. The molecule has 5 rings (SSSR count). The molecule has 0 saturated heterocycles. The first-order chi connectivity index (χ1) is 18.3. The summed E-state index contributed by atoms with van der Waals surface area (Å²) >= 11 is 1.79. The van der Waals surface area contributed by atoms with Crippen LogP contribution < -0.4 is 5.32 Å². The zero-order chi connectivity index (χ0) is 26.8. The van der Waals surface area contributed by atoms with Gasteiger partial charge >= 0.3 is 0 Å². The van der Waals surface area contributed by atoms with Gasteiger partial charge in [0.05, 0.1) is 23.1 Å². The molecule has 3 N–H and O–H groups in total. The maximum Gasteiger partial charge on any atom is 0.116 e. The molecular weight excluding hydrogens is 486 g/mol. The molecule has 5 aromatic rings. The number of thiophene rings is 1. The number of aromatic amines is 2. The number of hydrogen-bond donors (Lipinski definition) is 3. The van der Waals surface area contributed by atoms with E-state index in [9.17, 15) is 0 Å². The summed E-state index contributed by atoms with van der Waals surface area (Å²) in [5.41, 5.74) is 10.3. The standard InChI is InChI=1S/C32H33N5S/c1-7-8-26(31-12-9-21(5)38-31)27-16-30(35-22(27)6)32-28-15-23(10-11-29(28)36-37-32)24-14-25(18-33-17-24)34-20(4)13-19(2)3/h7-12,14-19,34-35H,1,4,13H2,2-3,5-6H3,(H,36,37)/b26-8+. The number of anilines is 1. The van der Waals surface area contributed by atoms with E-state index in [1.807, 2.05) is 18.5 Å². The lowest BCUT2D eigenvalue weighted by atomic mass is 10.0. The molecule has 0 aliphatic carbocycles. The van der Waals surface area contributed by atoms with Crippen LogP contribution in [-0.2, 0) is 0 Å². The minimum absolute atomic E-state index is 0.544. The van der Waals surface area contributed by atoms with E-state index >= 15 is 0 Å². The Morgan fingerprint density at radius 3 is 2.66 bits per heavy atom. The van der Waals surface area contributed by atoms with Crippen molar-refractivity contribution >= 4 is 33.5 Å². The summed E-state index contributed by atoms with van der Waals surface area (Å²) in [6.45, 7) is 16.7. The monoisotopic (exact) mass is 519 g/mol. The summed E-state index contributed by atoms with van der Waals surface area (Å²) in [6.07, 6.45) is 8.58. The average molecular weight is 520 g/mol. The molecule has 0 saturated carbocycles. The Labute approximate surface area is 228 Å². The van der Waals surface area contributed by atoms with Crippen LogP contribution in [0, 0.1) is 19.8 Å². The molecule has 192 valence electrons. The molecule has 4 heterocycles. The second kappa shape index (κ2) is 10.7. The van der Waals surface area contributed by atoms with Gasteiger partial charge in [-0.05, 0) is 68.1 Å². The van der Waals surface area contributed by atoms with Crippen molar-refractivity contribution in [1.82, 2.24) is 20.2 Å². The third-order valence-electron chi connectivity index (χ3n) is 6.46. The summed E-state index contributed by atoms with van der Waals surface area (Å²) in [5, 5.41) is 12.3. The number of nitrogens with zero attached hydrogens (tertiary/aromatic N) is 2. The summed E-state index contributed by atoms with van der Waals surface area (Å²) in [5.74, 6) is 0.544. The van der Waals surface area contributed by atoms with Gasteiger partial charge in [-0.25, -0.2) is 0 Å². The van der Waals surface area contributed by atoms with Gasteiger partial charge in [-0.1, -0.05) is 45.2 Å². The van der Waals surface area contributed by atoms with Crippen LogP contribution in [-0.4, -0.2) is 20.2 Å². The zero-order valence-electron chi connectivity index (χ0n) is 22.4. The lowest BCUT2D eigenvalue weighted by Crippen LogP contribution is -2.02. The topological polar surface area (TPSA) is 69.4 Å². The van der Waals surface area contributed by atoms with E-state index in [0.29, 0.717) is 5.92 Å². The number of benzene rings is 1. The minimum atomic E-state index is 0.544. The number of H-pyrrole nitrogens is 2. The molecule has 0 atom stereocenters. The third-order valence-corrected chi connectivity index (χ3v) is 7.49. The second-order valence-corrected chi connectivity index (χ2v) is 11.4. The van der Waals surface area contributed by atoms with E-state index in [1.165, 1.54) is 9.75 Å². The molecule has 0 amide bonds. The van der Waals surface area contributed by atoms with Crippen LogP contribution in [0.4, 0.5) is 5.69 Å². The van der Waals surface area contributed by atoms with Crippen LogP contribution >= 0.6 is 11.3 Å². The SMILES string of the molecule is C=C/C=C(/c1ccc(C)s1)c1cc(-c2n[nH]c3ccc(-c4cncc(NC(=C)CC(C)C)c4)cc23)[nH]c1C. The first-order valence-corrected chi connectivity index (χ1v) is 13.6. The molecule has 1 aromatic carbocycles. The number of nitrogens with one attached hydrogen (secondary N) is 3. The smallest absolute Gasteiger partial charge is 0.116 e. The van der Waals surface area contributed by atoms with Gasteiger partial charge in [-0.2, -0.15) is 5.10 Å². The van der Waals surface area contributed by atoms with Crippen molar-refractivity contribution in [3.63, 3.8) is 0 Å². The van der Waals surface area contributed by atoms with Crippen molar-refractivity contribution in [3.8, 4) is 22.5 Å².